The summed E-state index contributed by atoms with van der Waals surface area (Å²) in [4.78, 5) is 10.8. The van der Waals surface area contributed by atoms with Gasteiger partial charge in [0, 0.05) is 12.3 Å². The van der Waals surface area contributed by atoms with Gasteiger partial charge in [0.15, 0.2) is 9.84 Å². The van der Waals surface area contributed by atoms with Crippen LogP contribution in [0.4, 0.5) is 0 Å². The molecule has 0 spiro atoms. The van der Waals surface area contributed by atoms with Crippen molar-refractivity contribution in [3.05, 3.63) is 17.5 Å². The number of carboxylic acids is 1. The summed E-state index contributed by atoms with van der Waals surface area (Å²) in [6.45, 7) is 3.69. The number of hydrogen-bond acceptors (Lipinski definition) is 4. The molecular formula is C9H14N2O4S. The quantitative estimate of drug-likeness (QED) is 0.818. The fraction of sp³-hybridized carbons (Fsp3) is 0.556. The van der Waals surface area contributed by atoms with Crippen LogP contribution < -0.4 is 0 Å². The van der Waals surface area contributed by atoms with Crippen LogP contribution in [0.25, 0.3) is 0 Å². The molecule has 1 rings (SSSR count). The first-order valence-electron chi connectivity index (χ1n) is 4.90. The van der Waals surface area contributed by atoms with Crippen molar-refractivity contribution in [2.24, 2.45) is 0 Å². The molecule has 16 heavy (non-hydrogen) atoms. The first-order chi connectivity index (χ1) is 7.39. The van der Waals surface area contributed by atoms with Gasteiger partial charge in [-0.3, -0.25) is 4.68 Å². The van der Waals surface area contributed by atoms with Gasteiger partial charge in [-0.2, -0.15) is 5.10 Å². The molecule has 0 radical (unpaired) electrons. The summed E-state index contributed by atoms with van der Waals surface area (Å²) >= 11 is 0. The molecular weight excluding hydrogens is 232 g/mol. The predicted molar refractivity (Wildman–Crippen MR) is 58.0 cm³/mol. The summed E-state index contributed by atoms with van der Waals surface area (Å²) in [6.07, 6.45) is 0. The third-order valence-electron chi connectivity index (χ3n) is 2.16. The second-order valence-electron chi connectivity index (χ2n) is 3.32. The van der Waals surface area contributed by atoms with E-state index in [0.717, 1.165) is 0 Å². The first-order valence-corrected chi connectivity index (χ1v) is 6.72. The fourth-order valence-corrected chi connectivity index (χ4v) is 2.08. The minimum Gasteiger partial charge on any atom is -0.477 e. The lowest BCUT2D eigenvalue weighted by molar-refractivity contribution is 0.0683. The van der Waals surface area contributed by atoms with Crippen molar-refractivity contribution in [2.45, 2.75) is 26.1 Å². The van der Waals surface area contributed by atoms with Crippen molar-refractivity contribution in [1.82, 2.24) is 9.78 Å². The maximum absolute atomic E-state index is 11.4. The monoisotopic (exact) mass is 246 g/mol. The SMILES string of the molecule is CCn1nc(CS(=O)(=O)CC)cc1C(=O)O. The Labute approximate surface area is 93.8 Å². The number of carboxylic acid groups (broad SMARTS) is 1. The molecule has 0 aliphatic rings. The average Bonchev–Trinajstić information content (AvgIpc) is 2.60. The Morgan fingerprint density at radius 3 is 2.50 bits per heavy atom. The van der Waals surface area contributed by atoms with Crippen LogP contribution >= 0.6 is 0 Å². The van der Waals surface area contributed by atoms with Crippen LogP contribution in [0.3, 0.4) is 0 Å². The number of aryl methyl sites for hydroxylation is 1. The Balaban J connectivity index is 3.05. The Kier molecular flexibility index (Phi) is 3.69. The highest BCUT2D eigenvalue weighted by Crippen LogP contribution is 2.09. The normalized spacial score (nSPS) is 11.6. The molecule has 0 amide bonds. The molecule has 0 fully saturated rings. The van der Waals surface area contributed by atoms with Crippen molar-refractivity contribution in [1.29, 1.82) is 0 Å². The maximum atomic E-state index is 11.4. The Bertz CT molecular complexity index is 490. The smallest absolute Gasteiger partial charge is 0.354 e. The van der Waals surface area contributed by atoms with E-state index in [1.54, 1.807) is 13.8 Å². The van der Waals surface area contributed by atoms with Gasteiger partial charge < -0.3 is 5.11 Å². The van der Waals surface area contributed by atoms with Gasteiger partial charge in [0.05, 0.1) is 11.4 Å². The summed E-state index contributed by atoms with van der Waals surface area (Å²) in [7, 11) is -3.18. The average molecular weight is 246 g/mol. The molecule has 0 atom stereocenters. The molecule has 1 heterocycles. The fourth-order valence-electron chi connectivity index (χ4n) is 1.28. The molecule has 1 aromatic rings. The highest BCUT2D eigenvalue weighted by atomic mass is 32.2. The summed E-state index contributed by atoms with van der Waals surface area (Å²) in [5, 5.41) is 12.8. The second-order valence-corrected chi connectivity index (χ2v) is 5.67. The molecule has 1 N–H and O–H groups in total. The van der Waals surface area contributed by atoms with Crippen LogP contribution in [0.1, 0.15) is 30.0 Å². The van der Waals surface area contributed by atoms with Gasteiger partial charge in [-0.25, -0.2) is 13.2 Å². The van der Waals surface area contributed by atoms with Crippen molar-refractivity contribution in [2.75, 3.05) is 5.75 Å². The van der Waals surface area contributed by atoms with Gasteiger partial charge in [-0.15, -0.1) is 0 Å². The van der Waals surface area contributed by atoms with Gasteiger partial charge in [0.25, 0.3) is 0 Å². The largest absolute Gasteiger partial charge is 0.477 e. The molecule has 0 aromatic carbocycles. The number of nitrogens with zero attached hydrogens (tertiary/aromatic N) is 2. The van der Waals surface area contributed by atoms with Crippen LogP contribution in [0.5, 0.6) is 0 Å². The van der Waals surface area contributed by atoms with E-state index in [-0.39, 0.29) is 22.9 Å². The van der Waals surface area contributed by atoms with E-state index in [0.29, 0.717) is 6.54 Å². The summed E-state index contributed by atoms with van der Waals surface area (Å²) < 4.78 is 24.0. The Morgan fingerprint density at radius 1 is 1.50 bits per heavy atom. The van der Waals surface area contributed by atoms with Gasteiger partial charge in [-0.1, -0.05) is 6.92 Å². The van der Waals surface area contributed by atoms with Crippen LogP contribution in [-0.2, 0) is 22.1 Å². The highest BCUT2D eigenvalue weighted by molar-refractivity contribution is 7.90. The lowest BCUT2D eigenvalue weighted by atomic mass is 10.4. The molecule has 0 unspecified atom stereocenters. The number of hydrogen-bond donors (Lipinski definition) is 1. The zero-order chi connectivity index (χ0) is 12.3. The number of sulfone groups is 1. The predicted octanol–water partition coefficient (Wildman–Crippen LogP) is 0.536. The highest BCUT2D eigenvalue weighted by Gasteiger charge is 2.17. The van der Waals surface area contributed by atoms with Crippen molar-refractivity contribution in [3.8, 4) is 0 Å². The number of aromatic carboxylic acids is 1. The minimum absolute atomic E-state index is 0.0174. The van der Waals surface area contributed by atoms with E-state index in [4.69, 9.17) is 5.11 Å². The zero-order valence-electron chi connectivity index (χ0n) is 9.17. The van der Waals surface area contributed by atoms with Crippen molar-refractivity contribution in [3.63, 3.8) is 0 Å². The summed E-state index contributed by atoms with van der Waals surface area (Å²) in [5.41, 5.74) is 0.296. The zero-order valence-corrected chi connectivity index (χ0v) is 9.99. The molecule has 0 aliphatic carbocycles. The molecule has 1 aromatic heterocycles. The minimum atomic E-state index is -3.18. The topological polar surface area (TPSA) is 89.3 Å². The number of carbonyl (C=O) groups is 1. The van der Waals surface area contributed by atoms with Crippen LogP contribution in [0.15, 0.2) is 6.07 Å². The second kappa shape index (κ2) is 4.65. The van der Waals surface area contributed by atoms with Crippen LogP contribution in [0.2, 0.25) is 0 Å². The molecule has 0 saturated carbocycles. The van der Waals surface area contributed by atoms with Gasteiger partial charge in [0.2, 0.25) is 0 Å². The molecule has 90 valence electrons. The van der Waals surface area contributed by atoms with Gasteiger partial charge >= 0.3 is 5.97 Å². The summed E-state index contributed by atoms with van der Waals surface area (Å²) in [6, 6.07) is 1.30. The lowest BCUT2D eigenvalue weighted by Crippen LogP contribution is -2.09. The van der Waals surface area contributed by atoms with E-state index >= 15 is 0 Å². The van der Waals surface area contributed by atoms with Crippen molar-refractivity contribution >= 4 is 15.8 Å². The molecule has 7 heteroatoms. The molecule has 0 saturated heterocycles. The van der Waals surface area contributed by atoms with Gasteiger partial charge in [0.1, 0.15) is 5.69 Å². The number of aromatic nitrogens is 2. The summed E-state index contributed by atoms with van der Waals surface area (Å²) in [5.74, 6) is -1.29. The van der Waals surface area contributed by atoms with Gasteiger partial charge in [-0.05, 0) is 13.0 Å². The van der Waals surface area contributed by atoms with Crippen LogP contribution in [-0.4, -0.2) is 35.0 Å². The third kappa shape index (κ3) is 2.82. The first kappa shape index (κ1) is 12.7. The Morgan fingerprint density at radius 2 is 2.12 bits per heavy atom. The van der Waals surface area contributed by atoms with E-state index in [1.807, 2.05) is 0 Å². The van der Waals surface area contributed by atoms with E-state index in [1.165, 1.54) is 10.7 Å². The molecule has 0 bridgehead atoms. The van der Waals surface area contributed by atoms with Crippen LogP contribution in [0, 0.1) is 0 Å². The van der Waals surface area contributed by atoms with E-state index < -0.39 is 15.8 Å². The molecule has 6 nitrogen and oxygen atoms in total. The van der Waals surface area contributed by atoms with E-state index in [2.05, 4.69) is 5.10 Å². The third-order valence-corrected chi connectivity index (χ3v) is 3.77. The van der Waals surface area contributed by atoms with Crippen molar-refractivity contribution < 1.29 is 18.3 Å². The van der Waals surface area contributed by atoms with E-state index in [9.17, 15) is 13.2 Å². The maximum Gasteiger partial charge on any atom is 0.354 e. The number of rotatable bonds is 5. The molecule has 0 aliphatic heterocycles. The standard InChI is InChI=1S/C9H14N2O4S/c1-3-11-8(9(12)13)5-7(10-11)6-16(14,15)4-2/h5H,3-4,6H2,1-2H3,(H,12,13). The lowest BCUT2D eigenvalue weighted by Gasteiger charge is -1.98. The Hall–Kier alpha value is -1.37.